The Labute approximate surface area is 210 Å². The Morgan fingerprint density at radius 3 is 1.91 bits per heavy atom. The molecule has 3 rings (SSSR count). The average molecular weight is 476 g/mol. The molecule has 0 aliphatic carbocycles. The van der Waals surface area contributed by atoms with Gasteiger partial charge in [0, 0.05) is 33.2 Å². The number of benzene rings is 2. The van der Waals surface area contributed by atoms with Gasteiger partial charge in [0.1, 0.15) is 0 Å². The van der Waals surface area contributed by atoms with Crippen molar-refractivity contribution in [2.24, 2.45) is 11.5 Å². The topological polar surface area (TPSA) is 92.6 Å². The van der Waals surface area contributed by atoms with Gasteiger partial charge in [0.15, 0.2) is 0 Å². The van der Waals surface area contributed by atoms with Crippen LogP contribution in [0.15, 0.2) is 36.4 Å². The molecule has 5 nitrogen and oxygen atoms in total. The SMILES string of the molecule is CC.CC.CC.CCc1ccc(CCC(=O)N2Cc3ccc(CN)cc3C2)c(C)c1.CN.CO. The molecular weight excluding hydrogens is 422 g/mol. The molecule has 1 aliphatic heterocycles. The summed E-state index contributed by atoms with van der Waals surface area (Å²) in [6.07, 6.45) is 2.44. The highest BCUT2D eigenvalue weighted by atomic mass is 16.2. The number of rotatable bonds is 5. The number of nitrogens with zero attached hydrogens (tertiary/aromatic N) is 1. The van der Waals surface area contributed by atoms with Gasteiger partial charge < -0.3 is 21.5 Å². The summed E-state index contributed by atoms with van der Waals surface area (Å²) < 4.78 is 0. The minimum atomic E-state index is 0.236. The van der Waals surface area contributed by atoms with Gasteiger partial charge >= 0.3 is 0 Å². The number of aryl methyl sites for hydroxylation is 3. The average Bonchev–Trinajstić information content (AvgIpc) is 3.37. The van der Waals surface area contributed by atoms with E-state index in [9.17, 15) is 4.79 Å². The zero-order valence-corrected chi connectivity index (χ0v) is 23.7. The first-order valence-electron chi connectivity index (χ1n) is 12.8. The molecule has 2 aromatic rings. The van der Waals surface area contributed by atoms with Crippen molar-refractivity contribution in [1.29, 1.82) is 0 Å². The van der Waals surface area contributed by atoms with Crippen molar-refractivity contribution in [3.63, 3.8) is 0 Å². The number of fused-ring (bicyclic) bond motifs is 1. The molecule has 0 bridgehead atoms. The number of hydrogen-bond acceptors (Lipinski definition) is 4. The number of nitrogens with two attached hydrogens (primary N) is 2. The maximum atomic E-state index is 12.6. The standard InChI is InChI=1S/C21H26N2O.3C2H6.CH5N.CH4O/c1-3-16-4-6-18(15(2)10-16)8-9-21(24)23-13-19-7-5-17(12-22)11-20(19)14-23;5*1-2/h4-7,10-11H,3,8-9,12-14,22H2,1-2H3;3*1-2H3;2H2,1H3;2H,1H3. The number of aliphatic hydroxyl groups excluding tert-OH is 1. The van der Waals surface area contributed by atoms with Crippen LogP contribution in [0.4, 0.5) is 0 Å². The summed E-state index contributed by atoms with van der Waals surface area (Å²) in [5.41, 5.74) is 17.8. The molecule has 0 saturated heterocycles. The number of carbonyl (C=O) groups excluding carboxylic acids is 1. The first-order chi connectivity index (χ1) is 16.6. The molecule has 196 valence electrons. The molecule has 0 atom stereocenters. The van der Waals surface area contributed by atoms with Gasteiger partial charge in [-0.1, -0.05) is 84.9 Å². The number of aliphatic hydroxyl groups is 1. The van der Waals surface area contributed by atoms with Crippen molar-refractivity contribution < 1.29 is 9.90 Å². The zero-order chi connectivity index (χ0) is 27.1. The highest BCUT2D eigenvalue weighted by molar-refractivity contribution is 5.77. The van der Waals surface area contributed by atoms with Crippen molar-refractivity contribution in [3.05, 3.63) is 69.8 Å². The molecular formula is C29H53N3O2. The fourth-order valence-corrected chi connectivity index (χ4v) is 3.41. The Morgan fingerprint density at radius 1 is 0.882 bits per heavy atom. The zero-order valence-electron chi connectivity index (χ0n) is 23.7. The lowest BCUT2D eigenvalue weighted by molar-refractivity contribution is -0.131. The second-order valence-corrected chi connectivity index (χ2v) is 6.67. The summed E-state index contributed by atoms with van der Waals surface area (Å²) in [6.45, 7) is 18.3. The molecule has 0 spiro atoms. The Bertz CT molecular complexity index is 761. The van der Waals surface area contributed by atoms with Crippen LogP contribution in [-0.4, -0.2) is 30.1 Å². The van der Waals surface area contributed by atoms with Gasteiger partial charge in [-0.2, -0.15) is 0 Å². The third kappa shape index (κ3) is 12.3. The quantitative estimate of drug-likeness (QED) is 0.513. The fourth-order valence-electron chi connectivity index (χ4n) is 3.41. The lowest BCUT2D eigenvalue weighted by Crippen LogP contribution is -2.25. The van der Waals surface area contributed by atoms with Crippen LogP contribution in [-0.2, 0) is 37.3 Å². The first kappa shape index (κ1) is 36.4. The van der Waals surface area contributed by atoms with Crippen LogP contribution in [0.2, 0.25) is 0 Å². The van der Waals surface area contributed by atoms with Crippen LogP contribution in [0, 0.1) is 6.92 Å². The minimum Gasteiger partial charge on any atom is -0.400 e. The predicted octanol–water partition coefficient (Wildman–Crippen LogP) is 5.75. The van der Waals surface area contributed by atoms with Gasteiger partial charge in [0.05, 0.1) is 0 Å². The Morgan fingerprint density at radius 2 is 1.41 bits per heavy atom. The lowest BCUT2D eigenvalue weighted by atomic mass is 10.00. The summed E-state index contributed by atoms with van der Waals surface area (Å²) in [4.78, 5) is 14.5. The highest BCUT2D eigenvalue weighted by Gasteiger charge is 2.23. The number of carbonyl (C=O) groups is 1. The van der Waals surface area contributed by atoms with Gasteiger partial charge in [-0.25, -0.2) is 0 Å². The normalized spacial score (nSPS) is 10.2. The molecule has 1 amide bonds. The highest BCUT2D eigenvalue weighted by Crippen LogP contribution is 2.25. The fraction of sp³-hybridized carbons (Fsp3) is 0.552. The van der Waals surface area contributed by atoms with Gasteiger partial charge in [0.25, 0.3) is 0 Å². The van der Waals surface area contributed by atoms with E-state index in [1.807, 2.05) is 46.4 Å². The number of amides is 1. The molecule has 0 fully saturated rings. The van der Waals surface area contributed by atoms with E-state index in [0.29, 0.717) is 13.0 Å². The molecule has 5 heteroatoms. The molecule has 0 unspecified atom stereocenters. The maximum absolute atomic E-state index is 12.6. The Hall–Kier alpha value is -2.21. The van der Waals surface area contributed by atoms with Crippen LogP contribution in [0.3, 0.4) is 0 Å². The molecule has 0 radical (unpaired) electrons. The Kier molecular flexibility index (Phi) is 25.6. The van der Waals surface area contributed by atoms with E-state index in [0.717, 1.165) is 38.6 Å². The van der Waals surface area contributed by atoms with E-state index in [4.69, 9.17) is 10.8 Å². The van der Waals surface area contributed by atoms with Crippen LogP contribution in [0.1, 0.15) is 88.3 Å². The molecule has 0 saturated carbocycles. The predicted molar refractivity (Wildman–Crippen MR) is 150 cm³/mol. The molecule has 34 heavy (non-hydrogen) atoms. The van der Waals surface area contributed by atoms with E-state index < -0.39 is 0 Å². The van der Waals surface area contributed by atoms with Crippen molar-refractivity contribution >= 4 is 5.91 Å². The van der Waals surface area contributed by atoms with E-state index in [1.165, 1.54) is 34.9 Å². The summed E-state index contributed by atoms with van der Waals surface area (Å²) in [7, 11) is 2.50. The van der Waals surface area contributed by atoms with Gasteiger partial charge in [0.2, 0.25) is 5.91 Å². The molecule has 0 aromatic heterocycles. The van der Waals surface area contributed by atoms with E-state index >= 15 is 0 Å². The third-order valence-electron chi connectivity index (χ3n) is 5.00. The monoisotopic (exact) mass is 475 g/mol. The first-order valence-corrected chi connectivity index (χ1v) is 12.8. The van der Waals surface area contributed by atoms with Gasteiger partial charge in [-0.3, -0.25) is 4.79 Å². The van der Waals surface area contributed by atoms with Crippen molar-refractivity contribution in [2.45, 2.75) is 94.3 Å². The third-order valence-corrected chi connectivity index (χ3v) is 5.00. The molecule has 5 N–H and O–H groups in total. The summed E-state index contributed by atoms with van der Waals surface area (Å²) in [5, 5.41) is 7.00. The van der Waals surface area contributed by atoms with Crippen LogP contribution >= 0.6 is 0 Å². The van der Waals surface area contributed by atoms with Gasteiger partial charge in [-0.05, 0) is 60.2 Å². The molecule has 1 heterocycles. The van der Waals surface area contributed by atoms with Gasteiger partial charge in [-0.15, -0.1) is 0 Å². The smallest absolute Gasteiger partial charge is 0.223 e. The molecule has 2 aromatic carbocycles. The number of hydrogen-bond donors (Lipinski definition) is 3. The van der Waals surface area contributed by atoms with E-state index in [2.05, 4.69) is 56.0 Å². The maximum Gasteiger partial charge on any atom is 0.223 e. The minimum absolute atomic E-state index is 0.236. The van der Waals surface area contributed by atoms with Crippen LogP contribution in [0.5, 0.6) is 0 Å². The lowest BCUT2D eigenvalue weighted by Gasteiger charge is -2.16. The van der Waals surface area contributed by atoms with Crippen LogP contribution < -0.4 is 11.5 Å². The van der Waals surface area contributed by atoms with Crippen molar-refractivity contribution in [3.8, 4) is 0 Å². The second kappa shape index (κ2) is 23.9. The summed E-state index contributed by atoms with van der Waals surface area (Å²) in [5.74, 6) is 0.236. The van der Waals surface area contributed by atoms with Crippen LogP contribution in [0.25, 0.3) is 0 Å². The van der Waals surface area contributed by atoms with E-state index in [1.54, 1.807) is 0 Å². The largest absolute Gasteiger partial charge is 0.400 e. The summed E-state index contributed by atoms with van der Waals surface area (Å²) >= 11 is 0. The second-order valence-electron chi connectivity index (χ2n) is 6.67. The Balaban J connectivity index is -0.000000854. The molecule has 1 aliphatic rings. The van der Waals surface area contributed by atoms with E-state index in [-0.39, 0.29) is 5.91 Å². The summed E-state index contributed by atoms with van der Waals surface area (Å²) in [6, 6.07) is 12.9. The van der Waals surface area contributed by atoms with Crippen molar-refractivity contribution in [2.75, 3.05) is 14.2 Å². The van der Waals surface area contributed by atoms with Crippen molar-refractivity contribution in [1.82, 2.24) is 4.90 Å².